The van der Waals surface area contributed by atoms with E-state index in [1.807, 2.05) is 0 Å². The molecule has 2 heteroatoms. The molecule has 0 amide bonds. The highest BCUT2D eigenvalue weighted by Crippen LogP contribution is 2.30. The largest absolute Gasteiger partial charge is 0.487 e. The van der Waals surface area contributed by atoms with Gasteiger partial charge in [-0.3, -0.25) is 0 Å². The summed E-state index contributed by atoms with van der Waals surface area (Å²) in [6, 6.07) is 6.41. The van der Waals surface area contributed by atoms with Crippen LogP contribution >= 0.6 is 0 Å². The number of benzene rings is 1. The molecule has 20 heavy (non-hydrogen) atoms. The predicted molar refractivity (Wildman–Crippen MR) is 83.4 cm³/mol. The van der Waals surface area contributed by atoms with Crippen LogP contribution in [0, 0.1) is 6.92 Å². The zero-order valence-electron chi connectivity index (χ0n) is 13.3. The molecule has 0 saturated heterocycles. The summed E-state index contributed by atoms with van der Waals surface area (Å²) in [6.45, 7) is 8.75. The fourth-order valence-electron chi connectivity index (χ4n) is 2.80. The molecule has 0 bridgehead atoms. The second-order valence-corrected chi connectivity index (χ2v) is 7.09. The van der Waals surface area contributed by atoms with Crippen LogP contribution in [0.4, 0.5) is 0 Å². The number of hydrogen-bond acceptors (Lipinski definition) is 2. The molecule has 2 atom stereocenters. The van der Waals surface area contributed by atoms with Gasteiger partial charge in [0.15, 0.2) is 0 Å². The van der Waals surface area contributed by atoms with Gasteiger partial charge in [0.2, 0.25) is 0 Å². The summed E-state index contributed by atoms with van der Waals surface area (Å²) in [5, 5.41) is 10.2. The molecule has 0 spiro atoms. The Morgan fingerprint density at radius 1 is 1.10 bits per heavy atom. The molecular weight excluding hydrogens is 248 g/mol. The van der Waals surface area contributed by atoms with Gasteiger partial charge >= 0.3 is 0 Å². The SMILES string of the molecule is Cc1cc(C(C)(C)C)ccc1OC1CCCCCC1O. The summed E-state index contributed by atoms with van der Waals surface area (Å²) in [7, 11) is 0. The van der Waals surface area contributed by atoms with E-state index in [2.05, 4.69) is 45.9 Å². The van der Waals surface area contributed by atoms with Crippen molar-refractivity contribution in [3.05, 3.63) is 29.3 Å². The summed E-state index contributed by atoms with van der Waals surface area (Å²) >= 11 is 0. The normalized spacial score (nSPS) is 24.2. The van der Waals surface area contributed by atoms with Crippen LogP contribution in [0.2, 0.25) is 0 Å². The summed E-state index contributed by atoms with van der Waals surface area (Å²) < 4.78 is 6.10. The van der Waals surface area contributed by atoms with E-state index in [0.717, 1.165) is 37.0 Å². The van der Waals surface area contributed by atoms with E-state index in [-0.39, 0.29) is 17.6 Å². The minimum Gasteiger partial charge on any atom is -0.487 e. The molecule has 1 aliphatic carbocycles. The lowest BCUT2D eigenvalue weighted by Gasteiger charge is -2.25. The number of aliphatic hydroxyl groups excluding tert-OH is 1. The lowest BCUT2D eigenvalue weighted by atomic mass is 9.86. The Bertz CT molecular complexity index is 445. The maximum atomic E-state index is 10.2. The standard InChI is InChI=1S/C18H28O2/c1-13-12-14(18(2,3)4)10-11-16(13)20-17-9-7-5-6-8-15(17)19/h10-12,15,17,19H,5-9H2,1-4H3. The van der Waals surface area contributed by atoms with Gasteiger partial charge in [-0.2, -0.15) is 0 Å². The molecule has 1 aromatic carbocycles. The van der Waals surface area contributed by atoms with E-state index in [1.54, 1.807) is 0 Å². The van der Waals surface area contributed by atoms with E-state index >= 15 is 0 Å². The van der Waals surface area contributed by atoms with E-state index in [0.29, 0.717) is 0 Å². The molecule has 1 saturated carbocycles. The fourth-order valence-corrected chi connectivity index (χ4v) is 2.80. The third kappa shape index (κ3) is 3.76. The van der Waals surface area contributed by atoms with E-state index < -0.39 is 0 Å². The number of aliphatic hydroxyl groups is 1. The van der Waals surface area contributed by atoms with Crippen molar-refractivity contribution in [2.45, 2.75) is 77.4 Å². The Labute approximate surface area is 123 Å². The van der Waals surface area contributed by atoms with Crippen molar-refractivity contribution >= 4 is 0 Å². The molecule has 0 heterocycles. The first-order chi connectivity index (χ1) is 9.38. The van der Waals surface area contributed by atoms with Crippen molar-refractivity contribution in [1.82, 2.24) is 0 Å². The Kier molecular flexibility index (Phi) is 4.74. The molecule has 112 valence electrons. The molecule has 2 rings (SSSR count). The smallest absolute Gasteiger partial charge is 0.124 e. The Hall–Kier alpha value is -1.02. The molecule has 1 fully saturated rings. The lowest BCUT2D eigenvalue weighted by molar-refractivity contribution is 0.0316. The predicted octanol–water partition coefficient (Wildman–Crippen LogP) is 4.36. The zero-order chi connectivity index (χ0) is 14.8. The van der Waals surface area contributed by atoms with Crippen molar-refractivity contribution < 1.29 is 9.84 Å². The maximum Gasteiger partial charge on any atom is 0.124 e. The summed E-state index contributed by atoms with van der Waals surface area (Å²) in [5.41, 5.74) is 2.64. The van der Waals surface area contributed by atoms with Gasteiger partial charge in [-0.05, 0) is 48.8 Å². The highest BCUT2D eigenvalue weighted by atomic mass is 16.5. The van der Waals surface area contributed by atoms with Crippen LogP contribution < -0.4 is 4.74 Å². The van der Waals surface area contributed by atoms with Crippen LogP contribution in [-0.4, -0.2) is 17.3 Å². The third-order valence-corrected chi connectivity index (χ3v) is 4.24. The van der Waals surface area contributed by atoms with E-state index in [4.69, 9.17) is 4.74 Å². The monoisotopic (exact) mass is 276 g/mol. The molecule has 0 aromatic heterocycles. The van der Waals surface area contributed by atoms with Crippen molar-refractivity contribution in [2.75, 3.05) is 0 Å². The van der Waals surface area contributed by atoms with Crippen LogP contribution in [-0.2, 0) is 5.41 Å². The highest BCUT2D eigenvalue weighted by molar-refractivity contribution is 5.38. The van der Waals surface area contributed by atoms with Gasteiger partial charge in [-0.1, -0.05) is 45.7 Å². The van der Waals surface area contributed by atoms with Crippen molar-refractivity contribution in [3.63, 3.8) is 0 Å². The van der Waals surface area contributed by atoms with Crippen LogP contribution in [0.25, 0.3) is 0 Å². The number of rotatable bonds is 2. The van der Waals surface area contributed by atoms with Gasteiger partial charge in [0.05, 0.1) is 6.10 Å². The summed E-state index contributed by atoms with van der Waals surface area (Å²) in [4.78, 5) is 0. The van der Waals surface area contributed by atoms with Gasteiger partial charge in [-0.25, -0.2) is 0 Å². The van der Waals surface area contributed by atoms with Crippen molar-refractivity contribution in [1.29, 1.82) is 0 Å². The highest BCUT2D eigenvalue weighted by Gasteiger charge is 2.24. The first kappa shape index (κ1) is 15.4. The van der Waals surface area contributed by atoms with Crippen molar-refractivity contribution in [2.24, 2.45) is 0 Å². The topological polar surface area (TPSA) is 29.5 Å². The van der Waals surface area contributed by atoms with Crippen LogP contribution in [0.3, 0.4) is 0 Å². The first-order valence-corrected chi connectivity index (χ1v) is 7.84. The summed E-state index contributed by atoms with van der Waals surface area (Å²) in [6.07, 6.45) is 4.93. The average Bonchev–Trinajstić information content (AvgIpc) is 2.56. The molecule has 1 aromatic rings. The maximum absolute atomic E-state index is 10.2. The van der Waals surface area contributed by atoms with E-state index in [1.165, 1.54) is 12.0 Å². The minimum absolute atomic E-state index is 0.0447. The number of ether oxygens (including phenoxy) is 1. The molecule has 2 nitrogen and oxygen atoms in total. The Morgan fingerprint density at radius 2 is 1.80 bits per heavy atom. The second kappa shape index (κ2) is 6.17. The minimum atomic E-state index is -0.320. The van der Waals surface area contributed by atoms with Gasteiger partial charge < -0.3 is 9.84 Å². The lowest BCUT2D eigenvalue weighted by Crippen LogP contribution is -2.30. The van der Waals surface area contributed by atoms with Gasteiger partial charge in [0.25, 0.3) is 0 Å². The molecule has 2 unspecified atom stereocenters. The van der Waals surface area contributed by atoms with Crippen LogP contribution in [0.5, 0.6) is 5.75 Å². The molecule has 0 radical (unpaired) electrons. The molecule has 1 aliphatic rings. The van der Waals surface area contributed by atoms with Crippen LogP contribution in [0.1, 0.15) is 64.0 Å². The molecule has 1 N–H and O–H groups in total. The van der Waals surface area contributed by atoms with Crippen LogP contribution in [0.15, 0.2) is 18.2 Å². The van der Waals surface area contributed by atoms with Crippen molar-refractivity contribution in [3.8, 4) is 5.75 Å². The van der Waals surface area contributed by atoms with E-state index in [9.17, 15) is 5.11 Å². The number of aryl methyl sites for hydroxylation is 1. The fraction of sp³-hybridized carbons (Fsp3) is 0.667. The van der Waals surface area contributed by atoms with Gasteiger partial charge in [-0.15, -0.1) is 0 Å². The van der Waals surface area contributed by atoms with Gasteiger partial charge in [0, 0.05) is 0 Å². The Morgan fingerprint density at radius 3 is 2.45 bits per heavy atom. The number of hydrogen-bond donors (Lipinski definition) is 1. The zero-order valence-corrected chi connectivity index (χ0v) is 13.3. The second-order valence-electron chi connectivity index (χ2n) is 7.09. The van der Waals surface area contributed by atoms with Gasteiger partial charge in [0.1, 0.15) is 11.9 Å². The average molecular weight is 276 g/mol. The first-order valence-electron chi connectivity index (χ1n) is 7.84. The molecule has 0 aliphatic heterocycles. The quantitative estimate of drug-likeness (QED) is 0.813. The molecular formula is C18H28O2. The Balaban J connectivity index is 2.13. The summed E-state index contributed by atoms with van der Waals surface area (Å²) in [5.74, 6) is 0.920. The third-order valence-electron chi connectivity index (χ3n) is 4.24.